The van der Waals surface area contributed by atoms with Crippen molar-refractivity contribution in [1.82, 2.24) is 0 Å². The highest BCUT2D eigenvalue weighted by atomic mass is 16.3. The van der Waals surface area contributed by atoms with Crippen molar-refractivity contribution in [3.8, 4) is 6.07 Å². The molecule has 1 aromatic heterocycles. The summed E-state index contributed by atoms with van der Waals surface area (Å²) in [6.45, 7) is 3.66. The van der Waals surface area contributed by atoms with E-state index >= 15 is 0 Å². The third kappa shape index (κ3) is 1.48. The number of hydrogen-bond acceptors (Lipinski definition) is 3. The van der Waals surface area contributed by atoms with Gasteiger partial charge < -0.3 is 10.2 Å². The van der Waals surface area contributed by atoms with Crippen LogP contribution in [0.5, 0.6) is 0 Å². The van der Waals surface area contributed by atoms with Crippen LogP contribution in [-0.2, 0) is 0 Å². The SMILES string of the molecule is Cc1cc(C(N)=CC#N)c(C)o1. The molecular formula is C9H10N2O. The molecule has 0 unspecified atom stereocenters. The predicted octanol–water partition coefficient (Wildman–Crippen LogP) is 1.72. The monoisotopic (exact) mass is 162 g/mol. The average molecular weight is 162 g/mol. The molecule has 0 fully saturated rings. The molecule has 0 saturated carbocycles. The zero-order valence-corrected chi connectivity index (χ0v) is 7.09. The molecule has 1 aromatic rings. The van der Waals surface area contributed by atoms with Gasteiger partial charge in [0.15, 0.2) is 0 Å². The molecule has 3 nitrogen and oxygen atoms in total. The van der Waals surface area contributed by atoms with Crippen LogP contribution in [0.3, 0.4) is 0 Å². The van der Waals surface area contributed by atoms with Crippen LogP contribution in [0.1, 0.15) is 17.1 Å². The Kier molecular flexibility index (Phi) is 2.20. The summed E-state index contributed by atoms with van der Waals surface area (Å²) in [4.78, 5) is 0. The van der Waals surface area contributed by atoms with Gasteiger partial charge in [0.2, 0.25) is 0 Å². The summed E-state index contributed by atoms with van der Waals surface area (Å²) in [5, 5.41) is 8.36. The van der Waals surface area contributed by atoms with Gasteiger partial charge in [-0.3, -0.25) is 0 Å². The molecule has 1 rings (SSSR count). The van der Waals surface area contributed by atoms with E-state index in [0.29, 0.717) is 5.70 Å². The number of aryl methyl sites for hydroxylation is 2. The lowest BCUT2D eigenvalue weighted by molar-refractivity contribution is 0.504. The van der Waals surface area contributed by atoms with Gasteiger partial charge in [-0.05, 0) is 19.9 Å². The number of nitrogens with two attached hydrogens (primary N) is 1. The van der Waals surface area contributed by atoms with Crippen LogP contribution in [0.25, 0.3) is 5.70 Å². The first kappa shape index (κ1) is 8.41. The molecule has 0 saturated heterocycles. The van der Waals surface area contributed by atoms with Crippen LogP contribution in [0.2, 0.25) is 0 Å². The summed E-state index contributed by atoms with van der Waals surface area (Å²) >= 11 is 0. The molecule has 0 aliphatic heterocycles. The highest BCUT2D eigenvalue weighted by molar-refractivity contribution is 5.66. The van der Waals surface area contributed by atoms with E-state index in [0.717, 1.165) is 17.1 Å². The standard InChI is InChI=1S/C9H10N2O/c1-6-5-8(7(2)12-6)9(11)3-4-10/h3,5H,11H2,1-2H3. The Balaban J connectivity index is 3.12. The highest BCUT2D eigenvalue weighted by Gasteiger charge is 2.05. The predicted molar refractivity (Wildman–Crippen MR) is 46.0 cm³/mol. The topological polar surface area (TPSA) is 63.0 Å². The lowest BCUT2D eigenvalue weighted by Crippen LogP contribution is -1.95. The average Bonchev–Trinajstić information content (AvgIpc) is 2.30. The molecule has 0 bridgehead atoms. The van der Waals surface area contributed by atoms with E-state index in [-0.39, 0.29) is 0 Å². The molecule has 62 valence electrons. The minimum Gasteiger partial charge on any atom is -0.466 e. The lowest BCUT2D eigenvalue weighted by Gasteiger charge is -1.94. The largest absolute Gasteiger partial charge is 0.466 e. The molecule has 0 amide bonds. The minimum absolute atomic E-state index is 0.451. The maximum absolute atomic E-state index is 8.36. The first-order valence-electron chi connectivity index (χ1n) is 3.58. The fourth-order valence-electron chi connectivity index (χ4n) is 1.06. The second kappa shape index (κ2) is 3.14. The van der Waals surface area contributed by atoms with E-state index in [2.05, 4.69) is 0 Å². The van der Waals surface area contributed by atoms with Crippen LogP contribution >= 0.6 is 0 Å². The zero-order chi connectivity index (χ0) is 9.14. The summed E-state index contributed by atoms with van der Waals surface area (Å²) < 4.78 is 5.25. The van der Waals surface area contributed by atoms with E-state index in [1.807, 2.05) is 26.0 Å². The van der Waals surface area contributed by atoms with Gasteiger partial charge in [-0.15, -0.1) is 0 Å². The van der Waals surface area contributed by atoms with Crippen molar-refractivity contribution in [2.45, 2.75) is 13.8 Å². The maximum Gasteiger partial charge on any atom is 0.110 e. The van der Waals surface area contributed by atoms with E-state index in [1.165, 1.54) is 6.08 Å². The van der Waals surface area contributed by atoms with Crippen molar-refractivity contribution in [3.63, 3.8) is 0 Å². The summed E-state index contributed by atoms with van der Waals surface area (Å²) in [5.41, 5.74) is 6.85. The van der Waals surface area contributed by atoms with Crippen LogP contribution in [-0.4, -0.2) is 0 Å². The van der Waals surface area contributed by atoms with Crippen molar-refractivity contribution >= 4 is 5.70 Å². The number of nitrogens with zero attached hydrogens (tertiary/aromatic N) is 1. The second-order valence-corrected chi connectivity index (χ2v) is 2.56. The second-order valence-electron chi connectivity index (χ2n) is 2.56. The van der Waals surface area contributed by atoms with Crippen molar-refractivity contribution in [3.05, 3.63) is 29.2 Å². The first-order chi connectivity index (χ1) is 5.65. The summed E-state index contributed by atoms with van der Waals surface area (Å²) in [5.74, 6) is 1.55. The first-order valence-corrected chi connectivity index (χ1v) is 3.58. The van der Waals surface area contributed by atoms with E-state index in [9.17, 15) is 0 Å². The van der Waals surface area contributed by atoms with Crippen LogP contribution < -0.4 is 5.73 Å². The van der Waals surface area contributed by atoms with E-state index in [4.69, 9.17) is 15.4 Å². The Hall–Kier alpha value is -1.69. The smallest absolute Gasteiger partial charge is 0.110 e. The number of nitriles is 1. The molecule has 0 aliphatic rings. The van der Waals surface area contributed by atoms with Crippen molar-refractivity contribution in [1.29, 1.82) is 5.26 Å². The van der Waals surface area contributed by atoms with Crippen molar-refractivity contribution in [2.24, 2.45) is 5.73 Å². The molecule has 0 radical (unpaired) electrons. The molecular weight excluding hydrogens is 152 g/mol. The Labute approximate surface area is 71.1 Å². The molecule has 0 aromatic carbocycles. The molecule has 0 aliphatic carbocycles. The van der Waals surface area contributed by atoms with Crippen molar-refractivity contribution in [2.75, 3.05) is 0 Å². The molecule has 12 heavy (non-hydrogen) atoms. The summed E-state index contributed by atoms with van der Waals surface area (Å²) in [6.07, 6.45) is 1.30. The fourth-order valence-corrected chi connectivity index (χ4v) is 1.06. The molecule has 3 heteroatoms. The van der Waals surface area contributed by atoms with Gasteiger partial charge >= 0.3 is 0 Å². The van der Waals surface area contributed by atoms with Gasteiger partial charge in [-0.2, -0.15) is 5.26 Å². The van der Waals surface area contributed by atoms with Gasteiger partial charge in [0.25, 0.3) is 0 Å². The number of furan rings is 1. The Bertz CT molecular complexity index is 355. The highest BCUT2D eigenvalue weighted by Crippen LogP contribution is 2.18. The van der Waals surface area contributed by atoms with Crippen LogP contribution in [0.4, 0.5) is 0 Å². The Morgan fingerprint density at radius 1 is 1.67 bits per heavy atom. The van der Waals surface area contributed by atoms with Gasteiger partial charge in [0, 0.05) is 11.6 Å². The van der Waals surface area contributed by atoms with Crippen LogP contribution in [0, 0.1) is 25.2 Å². The number of rotatable bonds is 1. The lowest BCUT2D eigenvalue weighted by atomic mass is 10.2. The van der Waals surface area contributed by atoms with Gasteiger partial charge in [-0.25, -0.2) is 0 Å². The van der Waals surface area contributed by atoms with Crippen LogP contribution in [0.15, 0.2) is 16.6 Å². The zero-order valence-electron chi connectivity index (χ0n) is 7.09. The number of hydrogen-bond donors (Lipinski definition) is 1. The molecule has 1 heterocycles. The molecule has 0 spiro atoms. The third-order valence-electron chi connectivity index (χ3n) is 1.57. The maximum atomic E-state index is 8.36. The van der Waals surface area contributed by atoms with E-state index in [1.54, 1.807) is 0 Å². The molecule has 0 atom stereocenters. The Morgan fingerprint density at radius 3 is 2.75 bits per heavy atom. The fraction of sp³-hybridized carbons (Fsp3) is 0.222. The number of allylic oxidation sites excluding steroid dienone is 1. The quantitative estimate of drug-likeness (QED) is 0.639. The van der Waals surface area contributed by atoms with Gasteiger partial charge in [-0.1, -0.05) is 0 Å². The summed E-state index contributed by atoms with van der Waals surface area (Å²) in [6, 6.07) is 3.69. The van der Waals surface area contributed by atoms with Gasteiger partial charge in [0.05, 0.1) is 11.8 Å². The minimum atomic E-state index is 0.451. The van der Waals surface area contributed by atoms with Gasteiger partial charge in [0.1, 0.15) is 11.5 Å². The Morgan fingerprint density at radius 2 is 2.33 bits per heavy atom. The molecule has 2 N–H and O–H groups in total. The normalized spacial score (nSPS) is 11.2. The third-order valence-corrected chi connectivity index (χ3v) is 1.57. The summed E-state index contributed by atoms with van der Waals surface area (Å²) in [7, 11) is 0. The van der Waals surface area contributed by atoms with Crippen molar-refractivity contribution < 1.29 is 4.42 Å². The van der Waals surface area contributed by atoms with E-state index < -0.39 is 0 Å².